The highest BCUT2D eigenvalue weighted by Crippen LogP contribution is 2.18. The van der Waals surface area contributed by atoms with E-state index < -0.39 is 0 Å². The summed E-state index contributed by atoms with van der Waals surface area (Å²) < 4.78 is 2.95. The maximum atomic E-state index is 13.0. The molecule has 0 fully saturated rings. The summed E-state index contributed by atoms with van der Waals surface area (Å²) in [7, 11) is 0. The minimum atomic E-state index is -0.333. The Morgan fingerprint density at radius 2 is 1.74 bits per heavy atom. The highest BCUT2D eigenvalue weighted by atomic mass is 35.5. The van der Waals surface area contributed by atoms with Gasteiger partial charge in [-0.25, -0.2) is 4.79 Å². The van der Waals surface area contributed by atoms with E-state index in [0.29, 0.717) is 28.5 Å². The van der Waals surface area contributed by atoms with E-state index in [0.717, 1.165) is 5.56 Å². The van der Waals surface area contributed by atoms with Crippen molar-refractivity contribution in [3.8, 4) is 11.6 Å². The molecule has 0 spiro atoms. The molecule has 0 aliphatic heterocycles. The fourth-order valence-corrected chi connectivity index (χ4v) is 3.22. The number of halogens is 1. The second kappa shape index (κ2) is 6.85. The third-order valence-corrected chi connectivity index (χ3v) is 4.67. The normalized spacial score (nSPS) is 11.0. The lowest BCUT2D eigenvalue weighted by atomic mass is 10.1. The zero-order chi connectivity index (χ0) is 19.0. The molecule has 0 aliphatic rings. The van der Waals surface area contributed by atoms with E-state index in [1.54, 1.807) is 41.0 Å². The maximum Gasteiger partial charge on any atom is 0.370 e. The monoisotopic (exact) mass is 378 g/mol. The van der Waals surface area contributed by atoms with Crippen LogP contribution in [0.4, 0.5) is 0 Å². The molecule has 0 unspecified atom stereocenters. The summed E-state index contributed by atoms with van der Waals surface area (Å²) >= 11 is 6.00. The largest absolute Gasteiger partial charge is 0.477 e. The van der Waals surface area contributed by atoms with Gasteiger partial charge in [0.1, 0.15) is 11.3 Å². The summed E-state index contributed by atoms with van der Waals surface area (Å²) in [6.07, 6.45) is 0.303. The molecule has 1 N–H and O–H groups in total. The van der Waals surface area contributed by atoms with Crippen molar-refractivity contribution in [3.05, 3.63) is 98.9 Å². The van der Waals surface area contributed by atoms with Crippen molar-refractivity contribution >= 4 is 17.2 Å². The Bertz CT molecular complexity index is 1190. The summed E-state index contributed by atoms with van der Waals surface area (Å²) in [4.78, 5) is 13.0. The molecule has 2 heterocycles. The van der Waals surface area contributed by atoms with Crippen molar-refractivity contribution in [2.75, 3.05) is 0 Å². The summed E-state index contributed by atoms with van der Waals surface area (Å²) in [5.74, 6) is -0.100. The molecule has 5 nitrogen and oxygen atoms in total. The first kappa shape index (κ1) is 17.2. The van der Waals surface area contributed by atoms with E-state index >= 15 is 0 Å². The van der Waals surface area contributed by atoms with Gasteiger partial charge in [0.25, 0.3) is 5.88 Å². The molecular formula is C21H17ClN3O2+. The molecule has 0 aliphatic carbocycles. The molecule has 6 heteroatoms. The van der Waals surface area contributed by atoms with E-state index in [1.807, 2.05) is 37.3 Å². The second-order valence-electron chi connectivity index (χ2n) is 6.33. The number of rotatable bonds is 3. The molecule has 0 radical (unpaired) electrons. The Hall–Kier alpha value is -3.18. The highest BCUT2D eigenvalue weighted by molar-refractivity contribution is 6.30. The van der Waals surface area contributed by atoms with Crippen LogP contribution in [-0.4, -0.2) is 14.7 Å². The molecule has 4 rings (SSSR count). The third-order valence-electron chi connectivity index (χ3n) is 4.42. The van der Waals surface area contributed by atoms with Crippen LogP contribution in [0.15, 0.2) is 71.5 Å². The van der Waals surface area contributed by atoms with Crippen molar-refractivity contribution < 1.29 is 9.67 Å². The third kappa shape index (κ3) is 3.17. The molecule has 2 aromatic carbocycles. The molecule has 0 atom stereocenters. The van der Waals surface area contributed by atoms with Crippen molar-refractivity contribution in [3.63, 3.8) is 0 Å². The SMILES string of the molecule is Cc1ccc2n(n1)c(=O)c(Cc1ccccc1)c(O)[n+]2-c1ccc(Cl)cc1. The molecule has 0 amide bonds. The number of nitrogens with zero attached hydrogens (tertiary/aromatic N) is 3. The zero-order valence-electron chi connectivity index (χ0n) is 14.6. The Morgan fingerprint density at radius 1 is 1.04 bits per heavy atom. The van der Waals surface area contributed by atoms with Crippen LogP contribution >= 0.6 is 11.6 Å². The zero-order valence-corrected chi connectivity index (χ0v) is 15.4. The van der Waals surface area contributed by atoms with Crippen LogP contribution in [0.2, 0.25) is 5.02 Å². The molecule has 134 valence electrons. The van der Waals surface area contributed by atoms with E-state index in [-0.39, 0.29) is 17.0 Å². The predicted octanol–water partition coefficient (Wildman–Crippen LogP) is 3.23. The van der Waals surface area contributed by atoms with Gasteiger partial charge in [-0.2, -0.15) is 4.57 Å². The highest BCUT2D eigenvalue weighted by Gasteiger charge is 2.26. The topological polar surface area (TPSA) is 58.5 Å². The van der Waals surface area contributed by atoms with E-state index in [4.69, 9.17) is 11.6 Å². The predicted molar refractivity (Wildman–Crippen MR) is 104 cm³/mol. The van der Waals surface area contributed by atoms with Gasteiger partial charge < -0.3 is 5.11 Å². The lowest BCUT2D eigenvalue weighted by molar-refractivity contribution is -0.581. The van der Waals surface area contributed by atoms with Gasteiger partial charge in [0.15, 0.2) is 0 Å². The van der Waals surface area contributed by atoms with Crippen LogP contribution in [0, 0.1) is 6.92 Å². The minimum absolute atomic E-state index is 0.100. The molecule has 4 aromatic rings. The van der Waals surface area contributed by atoms with Crippen LogP contribution in [0.5, 0.6) is 5.88 Å². The Morgan fingerprint density at radius 3 is 2.44 bits per heavy atom. The van der Waals surface area contributed by atoms with Crippen LogP contribution < -0.4 is 10.1 Å². The summed E-state index contributed by atoms with van der Waals surface area (Å²) in [6.45, 7) is 1.82. The molecule has 0 saturated heterocycles. The van der Waals surface area contributed by atoms with Gasteiger partial charge in [-0.1, -0.05) is 51.5 Å². The first-order chi connectivity index (χ1) is 13.0. The number of aromatic nitrogens is 3. The van der Waals surface area contributed by atoms with Crippen molar-refractivity contribution in [1.29, 1.82) is 0 Å². The van der Waals surface area contributed by atoms with Gasteiger partial charge in [-0.05, 0) is 42.8 Å². The number of aryl methyl sites for hydroxylation is 1. The maximum absolute atomic E-state index is 13.0. The van der Waals surface area contributed by atoms with Crippen molar-refractivity contribution in [2.24, 2.45) is 0 Å². The summed E-state index contributed by atoms with van der Waals surface area (Å²) in [5, 5.41) is 16.0. The number of fused-ring (bicyclic) bond motifs is 1. The van der Waals surface area contributed by atoms with Gasteiger partial charge in [-0.3, -0.25) is 0 Å². The van der Waals surface area contributed by atoms with E-state index in [1.165, 1.54) is 4.52 Å². The Kier molecular flexibility index (Phi) is 4.38. The van der Waals surface area contributed by atoms with E-state index in [2.05, 4.69) is 5.10 Å². The van der Waals surface area contributed by atoms with Crippen LogP contribution in [0.25, 0.3) is 11.3 Å². The van der Waals surface area contributed by atoms with Crippen LogP contribution in [0.3, 0.4) is 0 Å². The van der Waals surface area contributed by atoms with Crippen molar-refractivity contribution in [2.45, 2.75) is 13.3 Å². The van der Waals surface area contributed by atoms with Crippen LogP contribution in [0.1, 0.15) is 16.8 Å². The van der Waals surface area contributed by atoms with Gasteiger partial charge in [-0.15, -0.1) is 0 Å². The number of aromatic hydroxyl groups is 1. The van der Waals surface area contributed by atoms with Crippen molar-refractivity contribution in [1.82, 2.24) is 9.61 Å². The minimum Gasteiger partial charge on any atom is -0.477 e. The average Bonchev–Trinajstić information content (AvgIpc) is 2.68. The standard InChI is InChI=1S/C21H16ClN3O2/c1-14-7-12-19-24(17-10-8-16(22)9-11-17)20(26)18(21(27)25(19)23-14)13-15-5-3-2-4-6-15/h2-12H,13H2,1H3/p+1. The fraction of sp³-hybridized carbons (Fsp3) is 0.0952. The quantitative estimate of drug-likeness (QED) is 0.557. The molecular weight excluding hydrogens is 362 g/mol. The molecule has 0 saturated carbocycles. The smallest absolute Gasteiger partial charge is 0.370 e. The van der Waals surface area contributed by atoms with Gasteiger partial charge in [0.05, 0.1) is 5.69 Å². The van der Waals surface area contributed by atoms with E-state index in [9.17, 15) is 9.90 Å². The summed E-state index contributed by atoms with van der Waals surface area (Å²) in [5.41, 5.74) is 2.76. The fourth-order valence-electron chi connectivity index (χ4n) is 3.09. The number of benzene rings is 2. The Labute approximate surface area is 160 Å². The average molecular weight is 379 g/mol. The lowest BCUT2D eigenvalue weighted by Crippen LogP contribution is -2.40. The number of hydrogen-bond acceptors (Lipinski definition) is 3. The lowest BCUT2D eigenvalue weighted by Gasteiger charge is -2.09. The summed E-state index contributed by atoms with van der Waals surface area (Å²) in [6, 6.07) is 20.2. The second-order valence-corrected chi connectivity index (χ2v) is 6.76. The first-order valence-corrected chi connectivity index (χ1v) is 8.89. The van der Waals surface area contributed by atoms with Crippen LogP contribution in [-0.2, 0) is 6.42 Å². The van der Waals surface area contributed by atoms with Gasteiger partial charge >= 0.3 is 11.2 Å². The molecule has 0 bridgehead atoms. The molecule has 2 aromatic heterocycles. The van der Waals surface area contributed by atoms with Gasteiger partial charge in [0.2, 0.25) is 0 Å². The number of hydrogen-bond donors (Lipinski definition) is 1. The Balaban J connectivity index is 2.03. The van der Waals surface area contributed by atoms with Gasteiger partial charge in [0, 0.05) is 17.5 Å². The first-order valence-electron chi connectivity index (χ1n) is 8.51. The molecule has 27 heavy (non-hydrogen) atoms.